The average Bonchev–Trinajstić information content (AvgIpc) is 2.43. The van der Waals surface area contributed by atoms with Crippen LogP contribution < -0.4 is 5.32 Å². The van der Waals surface area contributed by atoms with Gasteiger partial charge in [-0.3, -0.25) is 9.78 Å². The molecule has 18 heavy (non-hydrogen) atoms. The highest BCUT2D eigenvalue weighted by molar-refractivity contribution is 6.18. The second kappa shape index (κ2) is 5.83. The SMILES string of the molecule is CC(CCl)CNC(=O)c1cccc2ncccc12. The Morgan fingerprint density at radius 1 is 1.39 bits per heavy atom. The second-order valence-electron chi connectivity index (χ2n) is 4.35. The van der Waals surface area contributed by atoms with Gasteiger partial charge < -0.3 is 5.32 Å². The molecule has 0 spiro atoms. The highest BCUT2D eigenvalue weighted by atomic mass is 35.5. The number of amides is 1. The minimum Gasteiger partial charge on any atom is -0.352 e. The van der Waals surface area contributed by atoms with Crippen molar-refractivity contribution < 1.29 is 4.79 Å². The predicted molar refractivity (Wildman–Crippen MR) is 74.0 cm³/mol. The smallest absolute Gasteiger partial charge is 0.251 e. The minimum atomic E-state index is -0.0782. The van der Waals surface area contributed by atoms with E-state index in [4.69, 9.17) is 11.6 Å². The molecular weight excluding hydrogens is 248 g/mol. The molecule has 0 aliphatic rings. The molecule has 0 radical (unpaired) electrons. The van der Waals surface area contributed by atoms with Gasteiger partial charge in [-0.1, -0.05) is 19.1 Å². The number of alkyl halides is 1. The Balaban J connectivity index is 2.22. The Labute approximate surface area is 111 Å². The van der Waals surface area contributed by atoms with E-state index in [1.165, 1.54) is 0 Å². The van der Waals surface area contributed by atoms with Crippen molar-refractivity contribution >= 4 is 28.4 Å². The molecule has 2 rings (SSSR count). The van der Waals surface area contributed by atoms with Gasteiger partial charge in [0.1, 0.15) is 0 Å². The number of nitrogens with zero attached hydrogens (tertiary/aromatic N) is 1. The summed E-state index contributed by atoms with van der Waals surface area (Å²) in [5.41, 5.74) is 1.48. The molecule has 1 heterocycles. The average molecular weight is 263 g/mol. The van der Waals surface area contributed by atoms with Crippen LogP contribution in [0.5, 0.6) is 0 Å². The number of rotatable bonds is 4. The third-order valence-electron chi connectivity index (χ3n) is 2.76. The normalized spacial score (nSPS) is 12.3. The van der Waals surface area contributed by atoms with Crippen LogP contribution in [0, 0.1) is 5.92 Å². The summed E-state index contributed by atoms with van der Waals surface area (Å²) in [6.45, 7) is 2.58. The summed E-state index contributed by atoms with van der Waals surface area (Å²) in [5, 5.41) is 3.76. The van der Waals surface area contributed by atoms with Crippen molar-refractivity contribution in [3.05, 3.63) is 42.1 Å². The molecule has 0 aliphatic carbocycles. The van der Waals surface area contributed by atoms with Crippen molar-refractivity contribution in [3.63, 3.8) is 0 Å². The molecule has 2 aromatic rings. The van der Waals surface area contributed by atoms with Gasteiger partial charge in [-0.15, -0.1) is 11.6 Å². The molecule has 1 aromatic carbocycles. The summed E-state index contributed by atoms with van der Waals surface area (Å²) < 4.78 is 0. The van der Waals surface area contributed by atoms with Crippen molar-refractivity contribution in [2.75, 3.05) is 12.4 Å². The Hall–Kier alpha value is -1.61. The molecule has 4 heteroatoms. The first-order valence-electron chi connectivity index (χ1n) is 5.90. The van der Waals surface area contributed by atoms with E-state index in [1.807, 2.05) is 37.3 Å². The van der Waals surface area contributed by atoms with E-state index in [9.17, 15) is 4.79 Å². The third kappa shape index (κ3) is 2.79. The second-order valence-corrected chi connectivity index (χ2v) is 4.65. The lowest BCUT2D eigenvalue weighted by Gasteiger charge is -2.10. The zero-order valence-corrected chi connectivity index (χ0v) is 10.9. The summed E-state index contributed by atoms with van der Waals surface area (Å²) >= 11 is 5.72. The lowest BCUT2D eigenvalue weighted by molar-refractivity contribution is 0.0951. The first-order valence-corrected chi connectivity index (χ1v) is 6.43. The van der Waals surface area contributed by atoms with Crippen LogP contribution in [0.15, 0.2) is 36.5 Å². The van der Waals surface area contributed by atoms with Crippen LogP contribution in [0.2, 0.25) is 0 Å². The number of hydrogen-bond donors (Lipinski definition) is 1. The molecule has 1 unspecified atom stereocenters. The molecule has 0 saturated carbocycles. The number of hydrogen-bond acceptors (Lipinski definition) is 2. The number of nitrogens with one attached hydrogen (secondary N) is 1. The summed E-state index contributed by atoms with van der Waals surface area (Å²) in [5.74, 6) is 0.728. The van der Waals surface area contributed by atoms with Crippen LogP contribution in [0.1, 0.15) is 17.3 Å². The number of aromatic nitrogens is 1. The summed E-state index contributed by atoms with van der Waals surface area (Å²) in [6.07, 6.45) is 1.72. The van der Waals surface area contributed by atoms with E-state index in [2.05, 4.69) is 10.3 Å². The number of halogens is 1. The van der Waals surface area contributed by atoms with E-state index >= 15 is 0 Å². The van der Waals surface area contributed by atoms with Crippen LogP contribution in [-0.4, -0.2) is 23.3 Å². The van der Waals surface area contributed by atoms with Gasteiger partial charge in [-0.05, 0) is 24.1 Å². The number of carbonyl (C=O) groups excluding carboxylic acids is 1. The molecule has 0 fully saturated rings. The van der Waals surface area contributed by atoms with Gasteiger partial charge in [-0.25, -0.2) is 0 Å². The maximum Gasteiger partial charge on any atom is 0.251 e. The molecule has 94 valence electrons. The van der Waals surface area contributed by atoms with E-state index in [-0.39, 0.29) is 11.8 Å². The molecule has 0 aliphatic heterocycles. The van der Waals surface area contributed by atoms with Gasteiger partial charge in [0.15, 0.2) is 0 Å². The fourth-order valence-corrected chi connectivity index (χ4v) is 1.83. The van der Waals surface area contributed by atoms with Gasteiger partial charge in [0, 0.05) is 29.6 Å². The number of carbonyl (C=O) groups is 1. The Morgan fingerprint density at radius 3 is 3.00 bits per heavy atom. The largest absolute Gasteiger partial charge is 0.352 e. The minimum absolute atomic E-state index is 0.0782. The zero-order chi connectivity index (χ0) is 13.0. The molecule has 1 aromatic heterocycles. The molecule has 3 nitrogen and oxygen atoms in total. The van der Waals surface area contributed by atoms with Gasteiger partial charge in [0.25, 0.3) is 5.91 Å². The quantitative estimate of drug-likeness (QED) is 0.861. The van der Waals surface area contributed by atoms with Crippen molar-refractivity contribution in [3.8, 4) is 0 Å². The van der Waals surface area contributed by atoms with Crippen molar-refractivity contribution in [1.29, 1.82) is 0 Å². The van der Waals surface area contributed by atoms with Gasteiger partial charge in [0.05, 0.1) is 5.52 Å². The van der Waals surface area contributed by atoms with Gasteiger partial charge in [0.2, 0.25) is 0 Å². The Bertz CT molecular complexity index is 551. The fourth-order valence-electron chi connectivity index (χ4n) is 1.72. The molecule has 0 bridgehead atoms. The fraction of sp³-hybridized carbons (Fsp3) is 0.286. The standard InChI is InChI=1S/C14H15ClN2O/c1-10(8-15)9-17-14(18)12-4-2-6-13-11(12)5-3-7-16-13/h2-7,10H,8-9H2,1H3,(H,17,18). The zero-order valence-electron chi connectivity index (χ0n) is 10.2. The predicted octanol–water partition coefficient (Wildman–Crippen LogP) is 2.84. The van der Waals surface area contributed by atoms with Gasteiger partial charge in [-0.2, -0.15) is 0 Å². The van der Waals surface area contributed by atoms with Crippen LogP contribution in [0.25, 0.3) is 10.9 Å². The third-order valence-corrected chi connectivity index (χ3v) is 3.29. The maximum absolute atomic E-state index is 12.1. The van der Waals surface area contributed by atoms with E-state index in [0.717, 1.165) is 10.9 Å². The summed E-state index contributed by atoms with van der Waals surface area (Å²) in [6, 6.07) is 9.29. The van der Waals surface area contributed by atoms with Crippen LogP contribution in [0.3, 0.4) is 0 Å². The van der Waals surface area contributed by atoms with Crippen molar-refractivity contribution in [1.82, 2.24) is 10.3 Å². The lowest BCUT2D eigenvalue weighted by atomic mass is 10.1. The topological polar surface area (TPSA) is 42.0 Å². The van der Waals surface area contributed by atoms with Crippen LogP contribution in [-0.2, 0) is 0 Å². The van der Waals surface area contributed by atoms with Crippen molar-refractivity contribution in [2.45, 2.75) is 6.92 Å². The lowest BCUT2D eigenvalue weighted by Crippen LogP contribution is -2.29. The number of benzene rings is 1. The Kier molecular flexibility index (Phi) is 4.15. The first-order chi connectivity index (χ1) is 8.72. The monoisotopic (exact) mass is 262 g/mol. The molecule has 1 amide bonds. The van der Waals surface area contributed by atoms with E-state index in [1.54, 1.807) is 6.20 Å². The number of fused-ring (bicyclic) bond motifs is 1. The van der Waals surface area contributed by atoms with Crippen molar-refractivity contribution in [2.24, 2.45) is 5.92 Å². The Morgan fingerprint density at radius 2 is 2.22 bits per heavy atom. The highest BCUT2D eigenvalue weighted by Crippen LogP contribution is 2.16. The summed E-state index contributed by atoms with van der Waals surface area (Å²) in [7, 11) is 0. The maximum atomic E-state index is 12.1. The first kappa shape index (κ1) is 12.8. The summed E-state index contributed by atoms with van der Waals surface area (Å²) in [4.78, 5) is 16.3. The molecule has 0 saturated heterocycles. The van der Waals surface area contributed by atoms with Gasteiger partial charge >= 0.3 is 0 Å². The molecule has 1 atom stereocenters. The van der Waals surface area contributed by atoms with Crippen LogP contribution in [0.4, 0.5) is 0 Å². The number of pyridine rings is 1. The van der Waals surface area contributed by atoms with Crippen LogP contribution >= 0.6 is 11.6 Å². The molecule has 1 N–H and O–H groups in total. The van der Waals surface area contributed by atoms with E-state index in [0.29, 0.717) is 18.0 Å². The molecular formula is C14H15ClN2O. The highest BCUT2D eigenvalue weighted by Gasteiger charge is 2.10. The van der Waals surface area contributed by atoms with E-state index < -0.39 is 0 Å².